The summed E-state index contributed by atoms with van der Waals surface area (Å²) in [5, 5.41) is 7.57. The van der Waals surface area contributed by atoms with Crippen LogP contribution >= 0.6 is 0 Å². The van der Waals surface area contributed by atoms with Crippen LogP contribution in [0.4, 0.5) is 0 Å². The lowest BCUT2D eigenvalue weighted by atomic mass is 10.1. The van der Waals surface area contributed by atoms with Gasteiger partial charge in [-0.15, -0.1) is 0 Å². The lowest BCUT2D eigenvalue weighted by molar-refractivity contribution is -0.129. The molecule has 156 valence electrons. The summed E-state index contributed by atoms with van der Waals surface area (Å²) in [7, 11) is 0. The third-order valence-electron chi connectivity index (χ3n) is 4.67. The number of aromatic nitrogens is 2. The second-order valence-electron chi connectivity index (χ2n) is 6.79. The van der Waals surface area contributed by atoms with Crippen molar-refractivity contribution in [1.29, 1.82) is 0 Å². The zero-order valence-electron chi connectivity index (χ0n) is 16.6. The molecule has 0 bridgehead atoms. The summed E-state index contributed by atoms with van der Waals surface area (Å²) < 4.78 is 11.7. The highest BCUT2D eigenvalue weighted by Gasteiger charge is 2.23. The molecule has 8 nitrogen and oxygen atoms in total. The average molecular weight is 417 g/mol. The van der Waals surface area contributed by atoms with Gasteiger partial charge in [-0.25, -0.2) is 4.79 Å². The molecule has 1 amide bonds. The number of nitrogens with zero attached hydrogens (tertiary/aromatic N) is 2. The number of esters is 1. The maximum absolute atomic E-state index is 12.9. The molecule has 0 saturated carbocycles. The molecule has 31 heavy (non-hydrogen) atoms. The lowest BCUT2D eigenvalue weighted by Crippen LogP contribution is -2.36. The third kappa shape index (κ3) is 4.23. The fraction of sp³-hybridized carbons (Fsp3) is 0.130. The molecule has 0 unspecified atom stereocenters. The predicted octanol–water partition coefficient (Wildman–Crippen LogP) is 2.84. The third-order valence-corrected chi connectivity index (χ3v) is 4.67. The molecule has 0 aliphatic rings. The summed E-state index contributed by atoms with van der Waals surface area (Å²) in [5.41, 5.74) is 0.101. The van der Waals surface area contributed by atoms with Crippen LogP contribution in [0.15, 0.2) is 82.2 Å². The number of amides is 1. The van der Waals surface area contributed by atoms with Crippen LogP contribution in [0, 0.1) is 0 Å². The number of rotatable bonds is 6. The number of hydrogen-bond donors (Lipinski definition) is 1. The molecule has 2 aromatic heterocycles. The molecule has 1 atom stereocenters. The van der Waals surface area contributed by atoms with Gasteiger partial charge in [-0.3, -0.25) is 9.59 Å². The van der Waals surface area contributed by atoms with Crippen molar-refractivity contribution in [3.63, 3.8) is 0 Å². The van der Waals surface area contributed by atoms with Crippen LogP contribution in [0.25, 0.3) is 16.5 Å². The smallest absolute Gasteiger partial charge is 0.360 e. The fourth-order valence-corrected chi connectivity index (χ4v) is 3.09. The minimum Gasteiger partial charge on any atom is -0.467 e. The Morgan fingerprint density at radius 1 is 1.03 bits per heavy atom. The van der Waals surface area contributed by atoms with E-state index in [0.29, 0.717) is 22.2 Å². The van der Waals surface area contributed by atoms with E-state index in [2.05, 4.69) is 10.4 Å². The first-order valence-electron chi connectivity index (χ1n) is 9.63. The molecular formula is C23H19N3O5. The van der Waals surface area contributed by atoms with Crippen LogP contribution in [-0.4, -0.2) is 27.8 Å². The van der Waals surface area contributed by atoms with Crippen LogP contribution < -0.4 is 10.9 Å². The Balaban J connectivity index is 1.62. The first-order chi connectivity index (χ1) is 15.0. The van der Waals surface area contributed by atoms with Gasteiger partial charge in [0, 0.05) is 5.39 Å². The minimum absolute atomic E-state index is 0.0512. The highest BCUT2D eigenvalue weighted by molar-refractivity contribution is 6.03. The van der Waals surface area contributed by atoms with Crippen LogP contribution in [0.2, 0.25) is 0 Å². The monoisotopic (exact) mass is 417 g/mol. The summed E-state index contributed by atoms with van der Waals surface area (Å²) in [5.74, 6) is -0.707. The van der Waals surface area contributed by atoms with Crippen molar-refractivity contribution < 1.29 is 18.7 Å². The van der Waals surface area contributed by atoms with Crippen molar-refractivity contribution in [2.45, 2.75) is 19.6 Å². The molecule has 1 N–H and O–H groups in total. The van der Waals surface area contributed by atoms with E-state index >= 15 is 0 Å². The second-order valence-corrected chi connectivity index (χ2v) is 6.79. The molecule has 0 aliphatic carbocycles. The van der Waals surface area contributed by atoms with Crippen molar-refractivity contribution in [1.82, 2.24) is 15.1 Å². The zero-order chi connectivity index (χ0) is 21.8. The van der Waals surface area contributed by atoms with E-state index in [1.807, 2.05) is 6.07 Å². The molecular weight excluding hydrogens is 398 g/mol. The highest BCUT2D eigenvalue weighted by Crippen LogP contribution is 2.17. The molecule has 0 radical (unpaired) electrons. The Bertz CT molecular complexity index is 1280. The van der Waals surface area contributed by atoms with Crippen molar-refractivity contribution in [2.75, 3.05) is 0 Å². The fourth-order valence-electron chi connectivity index (χ4n) is 3.09. The molecule has 4 rings (SSSR count). The lowest BCUT2D eigenvalue weighted by Gasteiger charge is -2.14. The van der Waals surface area contributed by atoms with E-state index < -0.39 is 18.0 Å². The zero-order valence-corrected chi connectivity index (χ0v) is 16.6. The van der Waals surface area contributed by atoms with Crippen LogP contribution in [0.1, 0.15) is 23.2 Å². The number of carbonyl (C=O) groups excluding carboxylic acids is 2. The number of fused-ring (bicyclic) bond motifs is 1. The minimum atomic E-state index is -1.07. The first-order valence-corrected chi connectivity index (χ1v) is 9.63. The number of furan rings is 1. The highest BCUT2D eigenvalue weighted by atomic mass is 16.5. The molecule has 2 aromatic carbocycles. The molecule has 8 heteroatoms. The van der Waals surface area contributed by atoms with E-state index in [1.165, 1.54) is 13.2 Å². The summed E-state index contributed by atoms with van der Waals surface area (Å²) >= 11 is 0. The number of para-hydroxylation sites is 1. The molecule has 0 aliphatic heterocycles. The van der Waals surface area contributed by atoms with Crippen molar-refractivity contribution in [3.8, 4) is 5.69 Å². The standard InChI is InChI=1S/C23H19N3O5/c1-15(21(27)24-14-17-10-7-13-30-17)31-23(29)20-18-11-5-6-12-19(18)22(28)26(25-20)16-8-3-2-4-9-16/h2-13,15H,14H2,1H3,(H,24,27)/t15-/m1/s1. The Labute approximate surface area is 177 Å². The maximum atomic E-state index is 12.9. The van der Waals surface area contributed by atoms with Crippen molar-refractivity contribution in [2.24, 2.45) is 0 Å². The number of ether oxygens (including phenoxy) is 1. The number of nitrogens with one attached hydrogen (secondary N) is 1. The maximum Gasteiger partial charge on any atom is 0.360 e. The molecule has 0 spiro atoms. The van der Waals surface area contributed by atoms with Gasteiger partial charge in [0.15, 0.2) is 11.8 Å². The van der Waals surface area contributed by atoms with Gasteiger partial charge in [0.25, 0.3) is 11.5 Å². The normalized spacial score (nSPS) is 11.8. The Hall–Kier alpha value is -4.20. The quantitative estimate of drug-likeness (QED) is 0.484. The first kappa shape index (κ1) is 20.1. The molecule has 2 heterocycles. The van der Waals surface area contributed by atoms with Crippen molar-refractivity contribution >= 4 is 22.6 Å². The van der Waals surface area contributed by atoms with E-state index in [1.54, 1.807) is 60.7 Å². The van der Waals surface area contributed by atoms with Crippen LogP contribution in [0.3, 0.4) is 0 Å². The van der Waals surface area contributed by atoms with Crippen LogP contribution in [-0.2, 0) is 16.1 Å². The van der Waals surface area contributed by atoms with E-state index in [4.69, 9.17) is 9.15 Å². The molecule has 0 fully saturated rings. The van der Waals surface area contributed by atoms with E-state index in [-0.39, 0.29) is 17.8 Å². The Morgan fingerprint density at radius 3 is 2.45 bits per heavy atom. The topological polar surface area (TPSA) is 103 Å². The van der Waals surface area contributed by atoms with Gasteiger partial charge in [-0.2, -0.15) is 9.78 Å². The van der Waals surface area contributed by atoms with Crippen LogP contribution in [0.5, 0.6) is 0 Å². The van der Waals surface area contributed by atoms with Gasteiger partial charge >= 0.3 is 5.97 Å². The van der Waals surface area contributed by atoms with Crippen molar-refractivity contribution in [3.05, 3.63) is 94.8 Å². The number of benzene rings is 2. The van der Waals surface area contributed by atoms with Gasteiger partial charge in [0.2, 0.25) is 0 Å². The second kappa shape index (κ2) is 8.66. The largest absolute Gasteiger partial charge is 0.467 e. The SMILES string of the molecule is C[C@@H](OC(=O)c1nn(-c2ccccc2)c(=O)c2ccccc12)C(=O)NCc1ccco1. The molecule has 0 saturated heterocycles. The number of hydrogen-bond acceptors (Lipinski definition) is 6. The Kier molecular flexibility index (Phi) is 5.61. The van der Waals surface area contributed by atoms with E-state index in [0.717, 1.165) is 4.68 Å². The molecule has 4 aromatic rings. The van der Waals surface area contributed by atoms with Gasteiger partial charge in [-0.1, -0.05) is 36.4 Å². The summed E-state index contributed by atoms with van der Waals surface area (Å²) in [6.45, 7) is 1.64. The summed E-state index contributed by atoms with van der Waals surface area (Å²) in [6, 6.07) is 18.9. The summed E-state index contributed by atoms with van der Waals surface area (Å²) in [4.78, 5) is 38.1. The van der Waals surface area contributed by atoms with Gasteiger partial charge < -0.3 is 14.5 Å². The van der Waals surface area contributed by atoms with E-state index in [9.17, 15) is 14.4 Å². The summed E-state index contributed by atoms with van der Waals surface area (Å²) in [6.07, 6.45) is 0.434. The van der Waals surface area contributed by atoms with Gasteiger partial charge in [0.1, 0.15) is 5.76 Å². The Morgan fingerprint density at radius 2 is 1.74 bits per heavy atom. The predicted molar refractivity (Wildman–Crippen MR) is 113 cm³/mol. The average Bonchev–Trinajstić information content (AvgIpc) is 3.32. The van der Waals surface area contributed by atoms with Gasteiger partial charge in [-0.05, 0) is 37.3 Å². The number of carbonyl (C=O) groups is 2. The van der Waals surface area contributed by atoms with Gasteiger partial charge in [0.05, 0.1) is 23.9 Å².